The van der Waals surface area contributed by atoms with Crippen LogP contribution in [0.5, 0.6) is 0 Å². The molecule has 2 aromatic carbocycles. The lowest BCUT2D eigenvalue weighted by atomic mass is 10.2. The zero-order chi connectivity index (χ0) is 20.9. The summed E-state index contributed by atoms with van der Waals surface area (Å²) in [4.78, 5) is 11.7. The third kappa shape index (κ3) is 5.60. The van der Waals surface area contributed by atoms with Crippen molar-refractivity contribution in [3.63, 3.8) is 0 Å². The van der Waals surface area contributed by atoms with Gasteiger partial charge in [0.2, 0.25) is 10.0 Å². The van der Waals surface area contributed by atoms with Gasteiger partial charge in [-0.25, -0.2) is 25.9 Å². The number of halogens is 1. The number of nitrogens with one attached hydrogen (secondary N) is 2. The molecule has 0 aromatic heterocycles. The minimum absolute atomic E-state index is 0.0163. The van der Waals surface area contributed by atoms with Crippen molar-refractivity contribution < 1.29 is 26.0 Å². The minimum Gasteiger partial charge on any atom is -0.352 e. The van der Waals surface area contributed by atoms with Gasteiger partial charge >= 0.3 is 0 Å². The predicted molar refractivity (Wildman–Crippen MR) is 103 cm³/mol. The fourth-order valence-corrected chi connectivity index (χ4v) is 4.48. The largest absolute Gasteiger partial charge is 0.352 e. The number of hydrogen-bond acceptors (Lipinski definition) is 5. The molecular formula is C18H21FN2O5S2. The van der Waals surface area contributed by atoms with E-state index < -0.39 is 31.6 Å². The Morgan fingerprint density at radius 2 is 1.71 bits per heavy atom. The zero-order valence-corrected chi connectivity index (χ0v) is 17.0. The number of aryl methyl sites for hydroxylation is 1. The second-order valence-corrected chi connectivity index (χ2v) is 9.94. The number of benzene rings is 2. The van der Waals surface area contributed by atoms with E-state index in [1.165, 1.54) is 30.3 Å². The average Bonchev–Trinajstić information content (AvgIpc) is 2.60. The van der Waals surface area contributed by atoms with Gasteiger partial charge in [0.25, 0.3) is 5.91 Å². The number of sulfone groups is 1. The van der Waals surface area contributed by atoms with Crippen LogP contribution in [0, 0.1) is 12.7 Å². The Labute approximate surface area is 163 Å². The quantitative estimate of drug-likeness (QED) is 0.621. The van der Waals surface area contributed by atoms with Crippen LogP contribution in [0.25, 0.3) is 0 Å². The first-order valence-electron chi connectivity index (χ1n) is 8.35. The summed E-state index contributed by atoms with van der Waals surface area (Å²) in [6.07, 6.45) is 1.27. The van der Waals surface area contributed by atoms with E-state index in [9.17, 15) is 26.0 Å². The molecule has 2 N–H and O–H groups in total. The fraction of sp³-hybridized carbons (Fsp3) is 0.278. The fourth-order valence-electron chi connectivity index (χ4n) is 2.42. The molecule has 0 radical (unpaired) electrons. The van der Waals surface area contributed by atoms with Gasteiger partial charge in [-0.1, -0.05) is 18.2 Å². The van der Waals surface area contributed by atoms with Gasteiger partial charge in [-0.2, -0.15) is 0 Å². The molecule has 0 unspecified atom stereocenters. The molecule has 28 heavy (non-hydrogen) atoms. The molecule has 0 aliphatic rings. The monoisotopic (exact) mass is 428 g/mol. The SMILES string of the molecule is Cc1ccc(S(C)(=O)=O)cc1S(=O)(=O)NCCCNC(=O)c1ccccc1F. The van der Waals surface area contributed by atoms with Crippen molar-refractivity contribution in [1.29, 1.82) is 0 Å². The molecule has 0 atom stereocenters. The van der Waals surface area contributed by atoms with Crippen LogP contribution in [-0.4, -0.2) is 42.1 Å². The van der Waals surface area contributed by atoms with Gasteiger partial charge in [0.1, 0.15) is 5.82 Å². The van der Waals surface area contributed by atoms with Crippen LogP contribution in [0.3, 0.4) is 0 Å². The maximum atomic E-state index is 13.5. The number of carbonyl (C=O) groups is 1. The molecule has 7 nitrogen and oxygen atoms in total. The van der Waals surface area contributed by atoms with Crippen molar-refractivity contribution in [2.45, 2.75) is 23.1 Å². The molecule has 152 valence electrons. The highest BCUT2D eigenvalue weighted by molar-refractivity contribution is 7.91. The average molecular weight is 429 g/mol. The van der Waals surface area contributed by atoms with Crippen LogP contribution in [0.15, 0.2) is 52.3 Å². The zero-order valence-electron chi connectivity index (χ0n) is 15.4. The van der Waals surface area contributed by atoms with E-state index in [0.717, 1.165) is 12.3 Å². The van der Waals surface area contributed by atoms with Crippen LogP contribution >= 0.6 is 0 Å². The normalized spacial score (nSPS) is 12.0. The number of carbonyl (C=O) groups excluding carboxylic acids is 1. The van der Waals surface area contributed by atoms with Gasteiger partial charge in [-0.15, -0.1) is 0 Å². The van der Waals surface area contributed by atoms with E-state index in [2.05, 4.69) is 10.0 Å². The summed E-state index contributed by atoms with van der Waals surface area (Å²) in [5.74, 6) is -1.22. The Morgan fingerprint density at radius 3 is 2.36 bits per heavy atom. The van der Waals surface area contributed by atoms with Gasteiger partial charge in [0.05, 0.1) is 15.4 Å². The number of rotatable bonds is 8. The Bertz CT molecular complexity index is 1080. The summed E-state index contributed by atoms with van der Waals surface area (Å²) in [7, 11) is -7.46. The summed E-state index contributed by atoms with van der Waals surface area (Å²) in [5, 5.41) is 2.51. The van der Waals surface area contributed by atoms with Crippen molar-refractivity contribution in [3.8, 4) is 0 Å². The molecule has 0 saturated carbocycles. The summed E-state index contributed by atoms with van der Waals surface area (Å²) >= 11 is 0. The molecule has 0 bridgehead atoms. The molecule has 2 rings (SSSR count). The van der Waals surface area contributed by atoms with Gasteiger partial charge < -0.3 is 5.32 Å². The first kappa shape index (κ1) is 22.0. The molecular weight excluding hydrogens is 407 g/mol. The lowest BCUT2D eigenvalue weighted by molar-refractivity contribution is 0.0949. The van der Waals surface area contributed by atoms with Crippen LogP contribution in [0.1, 0.15) is 22.3 Å². The standard InChI is InChI=1S/C18H21FN2O5S2/c1-13-8-9-14(27(2,23)24)12-17(13)28(25,26)21-11-5-10-20-18(22)15-6-3-4-7-16(15)19/h3-4,6-9,12,21H,5,10-11H2,1-2H3,(H,20,22). The number of amides is 1. The van der Waals surface area contributed by atoms with Crippen LogP contribution in [0.2, 0.25) is 0 Å². The van der Waals surface area contributed by atoms with Gasteiger partial charge in [-0.3, -0.25) is 4.79 Å². The lowest BCUT2D eigenvalue weighted by Crippen LogP contribution is -2.30. The van der Waals surface area contributed by atoms with Gasteiger partial charge in [-0.05, 0) is 43.2 Å². The number of hydrogen-bond donors (Lipinski definition) is 2. The molecule has 2 aromatic rings. The Kier molecular flexibility index (Phi) is 6.91. The van der Waals surface area contributed by atoms with Crippen LogP contribution in [-0.2, 0) is 19.9 Å². The Hall–Kier alpha value is -2.30. The van der Waals surface area contributed by atoms with Crippen LogP contribution < -0.4 is 10.0 Å². The van der Waals surface area contributed by atoms with E-state index in [4.69, 9.17) is 0 Å². The molecule has 10 heteroatoms. The summed E-state index contributed by atoms with van der Waals surface area (Å²) in [6.45, 7) is 1.72. The van der Waals surface area contributed by atoms with E-state index in [-0.39, 0.29) is 34.9 Å². The van der Waals surface area contributed by atoms with Crippen molar-refractivity contribution in [2.24, 2.45) is 0 Å². The Balaban J connectivity index is 1.94. The van der Waals surface area contributed by atoms with Crippen molar-refractivity contribution >= 4 is 25.8 Å². The first-order chi connectivity index (χ1) is 13.0. The molecule has 1 amide bonds. The van der Waals surface area contributed by atoms with Crippen molar-refractivity contribution in [2.75, 3.05) is 19.3 Å². The smallest absolute Gasteiger partial charge is 0.254 e. The molecule has 0 fully saturated rings. The van der Waals surface area contributed by atoms with Crippen LogP contribution in [0.4, 0.5) is 4.39 Å². The van der Waals surface area contributed by atoms with E-state index >= 15 is 0 Å². The van der Waals surface area contributed by atoms with Crippen molar-refractivity contribution in [3.05, 3.63) is 59.4 Å². The highest BCUT2D eigenvalue weighted by atomic mass is 32.2. The highest BCUT2D eigenvalue weighted by Crippen LogP contribution is 2.20. The molecule has 0 aliphatic carbocycles. The predicted octanol–water partition coefficient (Wildman–Crippen LogP) is 1.64. The molecule has 0 spiro atoms. The first-order valence-corrected chi connectivity index (χ1v) is 11.7. The number of sulfonamides is 1. The second kappa shape index (κ2) is 8.80. The van der Waals surface area contributed by atoms with E-state index in [1.54, 1.807) is 13.0 Å². The molecule has 0 aliphatic heterocycles. The molecule has 0 saturated heterocycles. The van der Waals surface area contributed by atoms with Crippen molar-refractivity contribution in [1.82, 2.24) is 10.0 Å². The van der Waals surface area contributed by atoms with E-state index in [1.807, 2.05) is 0 Å². The second-order valence-electron chi connectivity index (χ2n) is 6.19. The highest BCUT2D eigenvalue weighted by Gasteiger charge is 2.19. The minimum atomic E-state index is -3.92. The lowest BCUT2D eigenvalue weighted by Gasteiger charge is -2.11. The Morgan fingerprint density at radius 1 is 1.04 bits per heavy atom. The van der Waals surface area contributed by atoms with E-state index in [0.29, 0.717) is 5.56 Å². The third-order valence-corrected chi connectivity index (χ3v) is 6.64. The van der Waals surface area contributed by atoms with Gasteiger partial charge in [0.15, 0.2) is 9.84 Å². The maximum absolute atomic E-state index is 13.5. The topological polar surface area (TPSA) is 109 Å². The summed E-state index contributed by atoms with van der Waals surface area (Å²) in [6, 6.07) is 9.44. The third-order valence-electron chi connectivity index (χ3n) is 3.93. The van der Waals surface area contributed by atoms with Gasteiger partial charge in [0, 0.05) is 19.3 Å². The maximum Gasteiger partial charge on any atom is 0.254 e. The summed E-state index contributed by atoms with van der Waals surface area (Å²) < 4.78 is 64.1. The molecule has 0 heterocycles. The summed E-state index contributed by atoms with van der Waals surface area (Å²) in [5.41, 5.74) is 0.323.